The fourth-order valence-corrected chi connectivity index (χ4v) is 2.72. The zero-order chi connectivity index (χ0) is 16.0. The summed E-state index contributed by atoms with van der Waals surface area (Å²) >= 11 is 0. The highest BCUT2D eigenvalue weighted by Crippen LogP contribution is 2.10. The molecule has 2 nitrogen and oxygen atoms in total. The summed E-state index contributed by atoms with van der Waals surface area (Å²) < 4.78 is 12.8. The SMILES string of the molecule is CNCCCCCCCCCCN(C)Cc1ccc(F)cc1. The summed E-state index contributed by atoms with van der Waals surface area (Å²) in [6.45, 7) is 3.19. The van der Waals surface area contributed by atoms with Gasteiger partial charge < -0.3 is 10.2 Å². The highest BCUT2D eigenvalue weighted by Gasteiger charge is 2.01. The lowest BCUT2D eigenvalue weighted by Crippen LogP contribution is -2.19. The predicted molar refractivity (Wildman–Crippen MR) is 93.6 cm³/mol. The third-order valence-electron chi connectivity index (χ3n) is 4.08. The number of unbranched alkanes of at least 4 members (excludes halogenated alkanes) is 7. The van der Waals surface area contributed by atoms with E-state index in [1.807, 2.05) is 19.2 Å². The molecule has 0 saturated heterocycles. The molecule has 0 heterocycles. The van der Waals surface area contributed by atoms with Crippen molar-refractivity contribution in [3.05, 3.63) is 35.6 Å². The second kappa shape index (κ2) is 12.6. The zero-order valence-corrected chi connectivity index (χ0v) is 14.4. The lowest BCUT2D eigenvalue weighted by Gasteiger charge is -2.16. The maximum atomic E-state index is 12.8. The molecule has 0 spiro atoms. The Bertz CT molecular complexity index is 364. The van der Waals surface area contributed by atoms with E-state index >= 15 is 0 Å². The van der Waals surface area contributed by atoms with E-state index in [0.29, 0.717) is 0 Å². The lowest BCUT2D eigenvalue weighted by molar-refractivity contribution is 0.316. The molecule has 1 aromatic rings. The maximum Gasteiger partial charge on any atom is 0.123 e. The van der Waals surface area contributed by atoms with Crippen molar-refractivity contribution in [1.29, 1.82) is 0 Å². The Morgan fingerprint density at radius 3 is 2.00 bits per heavy atom. The van der Waals surface area contributed by atoms with Crippen molar-refractivity contribution < 1.29 is 4.39 Å². The molecule has 1 N–H and O–H groups in total. The van der Waals surface area contributed by atoms with Gasteiger partial charge in [-0.1, -0.05) is 50.7 Å². The monoisotopic (exact) mass is 308 g/mol. The molecular formula is C19H33FN2. The summed E-state index contributed by atoms with van der Waals surface area (Å²) in [4.78, 5) is 2.32. The first-order valence-electron chi connectivity index (χ1n) is 8.80. The maximum absolute atomic E-state index is 12.8. The number of rotatable bonds is 13. The van der Waals surface area contributed by atoms with Gasteiger partial charge in [0, 0.05) is 6.54 Å². The van der Waals surface area contributed by atoms with Crippen molar-refractivity contribution in [2.45, 2.75) is 57.9 Å². The van der Waals surface area contributed by atoms with Crippen molar-refractivity contribution in [2.24, 2.45) is 0 Å². The number of nitrogens with zero attached hydrogens (tertiary/aromatic N) is 1. The third kappa shape index (κ3) is 9.91. The first-order valence-corrected chi connectivity index (χ1v) is 8.80. The molecule has 0 amide bonds. The molecule has 1 rings (SSSR count). The predicted octanol–water partition coefficient (Wildman–Crippen LogP) is 4.60. The van der Waals surface area contributed by atoms with Crippen LogP contribution in [0.4, 0.5) is 4.39 Å². The van der Waals surface area contributed by atoms with Gasteiger partial charge in [-0.05, 0) is 57.7 Å². The van der Waals surface area contributed by atoms with Gasteiger partial charge in [-0.3, -0.25) is 0 Å². The Kier molecular flexibility index (Phi) is 10.9. The van der Waals surface area contributed by atoms with Crippen LogP contribution < -0.4 is 5.32 Å². The molecule has 126 valence electrons. The summed E-state index contributed by atoms with van der Waals surface area (Å²) in [5.74, 6) is -0.155. The highest BCUT2D eigenvalue weighted by molar-refractivity contribution is 5.15. The Labute approximate surface area is 136 Å². The first-order chi connectivity index (χ1) is 10.7. The fraction of sp³-hybridized carbons (Fsp3) is 0.684. The van der Waals surface area contributed by atoms with Crippen molar-refractivity contribution in [3.63, 3.8) is 0 Å². The van der Waals surface area contributed by atoms with Gasteiger partial charge in [0.25, 0.3) is 0 Å². The molecule has 0 saturated carbocycles. The normalized spacial score (nSPS) is 11.3. The molecule has 0 atom stereocenters. The fourth-order valence-electron chi connectivity index (χ4n) is 2.72. The minimum Gasteiger partial charge on any atom is -0.320 e. The summed E-state index contributed by atoms with van der Waals surface area (Å²) in [6.07, 6.45) is 10.8. The number of hydrogen-bond donors (Lipinski definition) is 1. The van der Waals surface area contributed by atoms with Gasteiger partial charge in [0.1, 0.15) is 5.82 Å². The molecule has 0 aliphatic rings. The van der Waals surface area contributed by atoms with E-state index in [2.05, 4.69) is 17.3 Å². The van der Waals surface area contributed by atoms with E-state index in [4.69, 9.17) is 0 Å². The zero-order valence-electron chi connectivity index (χ0n) is 14.4. The van der Waals surface area contributed by atoms with Crippen molar-refractivity contribution in [2.75, 3.05) is 27.2 Å². The van der Waals surface area contributed by atoms with Gasteiger partial charge in [0.05, 0.1) is 0 Å². The molecule has 0 aliphatic carbocycles. The van der Waals surface area contributed by atoms with Gasteiger partial charge in [-0.15, -0.1) is 0 Å². The Hall–Kier alpha value is -0.930. The van der Waals surface area contributed by atoms with Gasteiger partial charge >= 0.3 is 0 Å². The molecule has 22 heavy (non-hydrogen) atoms. The van der Waals surface area contributed by atoms with Crippen LogP contribution in [0.2, 0.25) is 0 Å². The van der Waals surface area contributed by atoms with Crippen LogP contribution in [0.15, 0.2) is 24.3 Å². The van der Waals surface area contributed by atoms with Crippen LogP contribution in [-0.4, -0.2) is 32.1 Å². The van der Waals surface area contributed by atoms with E-state index in [9.17, 15) is 4.39 Å². The van der Waals surface area contributed by atoms with Crippen LogP contribution in [0.3, 0.4) is 0 Å². The highest BCUT2D eigenvalue weighted by atomic mass is 19.1. The van der Waals surface area contributed by atoms with Gasteiger partial charge in [0.15, 0.2) is 0 Å². The van der Waals surface area contributed by atoms with Crippen LogP contribution in [0.25, 0.3) is 0 Å². The van der Waals surface area contributed by atoms with Gasteiger partial charge in [-0.25, -0.2) is 4.39 Å². The minimum absolute atomic E-state index is 0.155. The summed E-state index contributed by atoms with van der Waals surface area (Å²) in [7, 11) is 4.16. The van der Waals surface area contributed by atoms with Gasteiger partial charge in [0.2, 0.25) is 0 Å². The summed E-state index contributed by atoms with van der Waals surface area (Å²) in [5.41, 5.74) is 1.19. The molecule has 0 radical (unpaired) electrons. The second-order valence-electron chi connectivity index (χ2n) is 6.30. The average molecular weight is 308 g/mol. The molecule has 0 unspecified atom stereocenters. The quantitative estimate of drug-likeness (QED) is 0.536. The van der Waals surface area contributed by atoms with Crippen LogP contribution in [0.5, 0.6) is 0 Å². The standard InChI is InChI=1S/C19H33FN2/c1-21-15-9-7-5-3-4-6-8-10-16-22(2)17-18-11-13-19(20)14-12-18/h11-14,21H,3-10,15-17H2,1-2H3. The first kappa shape index (κ1) is 19.1. The van der Waals surface area contributed by atoms with Crippen molar-refractivity contribution in [1.82, 2.24) is 10.2 Å². The van der Waals surface area contributed by atoms with E-state index in [1.165, 1.54) is 56.9 Å². The Balaban J connectivity index is 1.92. The average Bonchev–Trinajstić information content (AvgIpc) is 2.51. The van der Waals surface area contributed by atoms with Crippen molar-refractivity contribution in [3.8, 4) is 0 Å². The molecule has 3 heteroatoms. The lowest BCUT2D eigenvalue weighted by atomic mass is 10.1. The van der Waals surface area contributed by atoms with Crippen LogP contribution in [-0.2, 0) is 6.54 Å². The largest absolute Gasteiger partial charge is 0.320 e. The van der Waals surface area contributed by atoms with E-state index in [-0.39, 0.29) is 5.82 Å². The summed E-state index contributed by atoms with van der Waals surface area (Å²) in [6, 6.07) is 6.83. The number of benzene rings is 1. The number of halogens is 1. The minimum atomic E-state index is -0.155. The molecular weight excluding hydrogens is 275 g/mol. The smallest absolute Gasteiger partial charge is 0.123 e. The molecule has 0 fully saturated rings. The Morgan fingerprint density at radius 1 is 0.864 bits per heavy atom. The Morgan fingerprint density at radius 2 is 1.41 bits per heavy atom. The van der Waals surface area contributed by atoms with E-state index in [1.54, 1.807) is 12.1 Å². The molecule has 0 aliphatic heterocycles. The molecule has 0 aromatic heterocycles. The van der Waals surface area contributed by atoms with Crippen molar-refractivity contribution >= 4 is 0 Å². The molecule has 1 aromatic carbocycles. The third-order valence-corrected chi connectivity index (χ3v) is 4.08. The number of nitrogens with one attached hydrogen (secondary N) is 1. The second-order valence-corrected chi connectivity index (χ2v) is 6.30. The van der Waals surface area contributed by atoms with Gasteiger partial charge in [-0.2, -0.15) is 0 Å². The van der Waals surface area contributed by atoms with Crippen LogP contribution in [0.1, 0.15) is 56.9 Å². The summed E-state index contributed by atoms with van der Waals surface area (Å²) in [5, 5.41) is 3.19. The molecule has 0 bridgehead atoms. The van der Waals surface area contributed by atoms with E-state index in [0.717, 1.165) is 19.6 Å². The van der Waals surface area contributed by atoms with Crippen LogP contribution in [0, 0.1) is 5.82 Å². The number of hydrogen-bond acceptors (Lipinski definition) is 2. The van der Waals surface area contributed by atoms with Crippen LogP contribution >= 0.6 is 0 Å². The van der Waals surface area contributed by atoms with E-state index < -0.39 is 0 Å². The topological polar surface area (TPSA) is 15.3 Å².